The number of rotatable bonds is 9. The van der Waals surface area contributed by atoms with Crippen molar-refractivity contribution < 1.29 is 9.53 Å². The second kappa shape index (κ2) is 9.60. The largest absolute Gasteiger partial charge is 0.385 e. The van der Waals surface area contributed by atoms with Crippen molar-refractivity contribution in [2.24, 2.45) is 0 Å². The number of carbonyl (C=O) groups excluding carboxylic acids is 1. The van der Waals surface area contributed by atoms with Crippen LogP contribution in [0.5, 0.6) is 0 Å². The lowest BCUT2D eigenvalue weighted by Crippen LogP contribution is -2.30. The summed E-state index contributed by atoms with van der Waals surface area (Å²) < 4.78 is 4.95. The van der Waals surface area contributed by atoms with Crippen molar-refractivity contribution in [1.29, 1.82) is 0 Å². The minimum absolute atomic E-state index is 0.224. The van der Waals surface area contributed by atoms with Gasteiger partial charge in [-0.3, -0.25) is 4.79 Å². The molecule has 0 aromatic carbocycles. The van der Waals surface area contributed by atoms with E-state index in [4.69, 9.17) is 4.74 Å². The highest BCUT2D eigenvalue weighted by Crippen LogP contribution is 1.97. The molecule has 0 radical (unpaired) electrons. The van der Waals surface area contributed by atoms with Crippen LogP contribution < -0.4 is 5.32 Å². The summed E-state index contributed by atoms with van der Waals surface area (Å²) in [4.78, 5) is 13.4. The van der Waals surface area contributed by atoms with Gasteiger partial charge < -0.3 is 15.0 Å². The minimum atomic E-state index is 0.224. The fourth-order valence-corrected chi connectivity index (χ4v) is 1.39. The lowest BCUT2D eigenvalue weighted by Gasteiger charge is -2.17. The number of nitrogens with one attached hydrogen (secondary N) is 1. The molecule has 0 aliphatic carbocycles. The normalized spacial score (nSPS) is 10.8. The van der Waals surface area contributed by atoms with Gasteiger partial charge in [0.15, 0.2) is 0 Å². The van der Waals surface area contributed by atoms with Crippen molar-refractivity contribution in [3.63, 3.8) is 0 Å². The van der Waals surface area contributed by atoms with E-state index in [-0.39, 0.29) is 5.91 Å². The Balaban J connectivity index is 3.47. The predicted molar refractivity (Wildman–Crippen MR) is 66.5 cm³/mol. The molecule has 1 amide bonds. The van der Waals surface area contributed by atoms with Crippen molar-refractivity contribution in [1.82, 2.24) is 10.2 Å². The second-order valence-corrected chi connectivity index (χ2v) is 4.37. The summed E-state index contributed by atoms with van der Waals surface area (Å²) in [6, 6.07) is 0.495. The minimum Gasteiger partial charge on any atom is -0.385 e. The van der Waals surface area contributed by atoms with E-state index >= 15 is 0 Å². The molecule has 16 heavy (non-hydrogen) atoms. The smallest absolute Gasteiger partial charge is 0.222 e. The number of amides is 1. The van der Waals surface area contributed by atoms with Crippen LogP contribution in [0, 0.1) is 0 Å². The number of methoxy groups -OCH3 is 1. The van der Waals surface area contributed by atoms with Crippen LogP contribution in [0.4, 0.5) is 0 Å². The lowest BCUT2D eigenvalue weighted by atomic mass is 10.2. The van der Waals surface area contributed by atoms with Gasteiger partial charge in [-0.25, -0.2) is 0 Å². The third-order valence-electron chi connectivity index (χ3n) is 2.39. The van der Waals surface area contributed by atoms with Gasteiger partial charge in [-0.15, -0.1) is 0 Å². The molecular weight excluding hydrogens is 204 g/mol. The van der Waals surface area contributed by atoms with Crippen molar-refractivity contribution >= 4 is 5.91 Å². The molecule has 0 saturated heterocycles. The third kappa shape index (κ3) is 8.68. The third-order valence-corrected chi connectivity index (χ3v) is 2.39. The molecule has 0 aromatic rings. The van der Waals surface area contributed by atoms with Gasteiger partial charge in [0.25, 0.3) is 0 Å². The number of nitrogens with zero attached hydrogens (tertiary/aromatic N) is 1. The maximum Gasteiger partial charge on any atom is 0.222 e. The van der Waals surface area contributed by atoms with E-state index in [1.165, 1.54) is 0 Å². The quantitative estimate of drug-likeness (QED) is 0.606. The summed E-state index contributed by atoms with van der Waals surface area (Å²) in [5.41, 5.74) is 0. The van der Waals surface area contributed by atoms with Gasteiger partial charge in [-0.1, -0.05) is 13.8 Å². The van der Waals surface area contributed by atoms with Gasteiger partial charge in [0.1, 0.15) is 0 Å². The first-order valence-electron chi connectivity index (χ1n) is 6.04. The van der Waals surface area contributed by atoms with E-state index < -0.39 is 0 Å². The molecule has 96 valence electrons. The SMILES string of the molecule is COCCCN(C)C(=O)CCCNC(C)C. The Labute approximate surface area is 99.3 Å². The van der Waals surface area contributed by atoms with Gasteiger partial charge in [0.2, 0.25) is 5.91 Å². The van der Waals surface area contributed by atoms with Crippen LogP contribution in [-0.4, -0.2) is 50.7 Å². The summed E-state index contributed by atoms with van der Waals surface area (Å²) in [7, 11) is 3.53. The summed E-state index contributed by atoms with van der Waals surface area (Å²) in [5, 5.41) is 3.30. The van der Waals surface area contributed by atoms with E-state index in [9.17, 15) is 4.79 Å². The molecule has 0 spiro atoms. The Hall–Kier alpha value is -0.610. The molecule has 1 N–H and O–H groups in total. The van der Waals surface area contributed by atoms with E-state index in [2.05, 4.69) is 19.2 Å². The second-order valence-electron chi connectivity index (χ2n) is 4.37. The van der Waals surface area contributed by atoms with E-state index in [1.807, 2.05) is 7.05 Å². The molecule has 4 heteroatoms. The highest BCUT2D eigenvalue weighted by Gasteiger charge is 2.07. The molecule has 0 heterocycles. The highest BCUT2D eigenvalue weighted by molar-refractivity contribution is 5.75. The predicted octanol–water partition coefficient (Wildman–Crippen LogP) is 1.26. The Morgan fingerprint density at radius 1 is 1.38 bits per heavy atom. The monoisotopic (exact) mass is 230 g/mol. The molecule has 0 rings (SSSR count). The number of hydrogen-bond acceptors (Lipinski definition) is 3. The van der Waals surface area contributed by atoms with Crippen molar-refractivity contribution in [3.8, 4) is 0 Å². The van der Waals surface area contributed by atoms with Gasteiger partial charge >= 0.3 is 0 Å². The maximum atomic E-state index is 11.6. The molecule has 0 saturated carbocycles. The zero-order valence-electron chi connectivity index (χ0n) is 11.1. The summed E-state index contributed by atoms with van der Waals surface area (Å²) in [6.07, 6.45) is 2.44. The number of carbonyl (C=O) groups is 1. The highest BCUT2D eigenvalue weighted by atomic mass is 16.5. The Morgan fingerprint density at radius 2 is 2.06 bits per heavy atom. The van der Waals surface area contributed by atoms with Crippen LogP contribution in [0.15, 0.2) is 0 Å². The van der Waals surface area contributed by atoms with Crippen molar-refractivity contribution in [2.45, 2.75) is 39.2 Å². The molecule has 0 bridgehead atoms. The molecular formula is C12H26N2O2. The summed E-state index contributed by atoms with van der Waals surface area (Å²) >= 11 is 0. The van der Waals surface area contributed by atoms with Gasteiger partial charge in [0, 0.05) is 39.8 Å². The number of hydrogen-bond donors (Lipinski definition) is 1. The number of ether oxygens (including phenoxy) is 1. The van der Waals surface area contributed by atoms with Crippen molar-refractivity contribution in [2.75, 3.05) is 33.9 Å². The van der Waals surface area contributed by atoms with Crippen LogP contribution in [0.2, 0.25) is 0 Å². The molecule has 0 aromatic heterocycles. The van der Waals surface area contributed by atoms with E-state index in [1.54, 1.807) is 12.0 Å². The Bertz CT molecular complexity index is 184. The standard InChI is InChI=1S/C12H26N2O2/c1-11(2)13-8-5-7-12(15)14(3)9-6-10-16-4/h11,13H,5-10H2,1-4H3. The molecule has 0 aliphatic heterocycles. The lowest BCUT2D eigenvalue weighted by molar-refractivity contribution is -0.130. The van der Waals surface area contributed by atoms with Crippen LogP contribution in [0.1, 0.15) is 33.1 Å². The molecule has 4 nitrogen and oxygen atoms in total. The Kier molecular flexibility index (Phi) is 9.24. The molecule has 0 atom stereocenters. The van der Waals surface area contributed by atoms with Gasteiger partial charge in [-0.05, 0) is 19.4 Å². The van der Waals surface area contributed by atoms with Crippen LogP contribution in [0.3, 0.4) is 0 Å². The first-order chi connectivity index (χ1) is 7.57. The average molecular weight is 230 g/mol. The Morgan fingerprint density at radius 3 is 2.62 bits per heavy atom. The first kappa shape index (κ1) is 15.4. The fourth-order valence-electron chi connectivity index (χ4n) is 1.39. The summed E-state index contributed by atoms with van der Waals surface area (Å²) in [5.74, 6) is 0.224. The average Bonchev–Trinajstić information content (AvgIpc) is 2.24. The van der Waals surface area contributed by atoms with Crippen molar-refractivity contribution in [3.05, 3.63) is 0 Å². The zero-order chi connectivity index (χ0) is 12.4. The van der Waals surface area contributed by atoms with Crippen LogP contribution in [-0.2, 0) is 9.53 Å². The fraction of sp³-hybridized carbons (Fsp3) is 0.917. The van der Waals surface area contributed by atoms with E-state index in [0.717, 1.165) is 25.9 Å². The topological polar surface area (TPSA) is 41.6 Å². The zero-order valence-corrected chi connectivity index (χ0v) is 11.1. The molecule has 0 fully saturated rings. The van der Waals surface area contributed by atoms with Gasteiger partial charge in [0.05, 0.1) is 0 Å². The van der Waals surface area contributed by atoms with Crippen LogP contribution in [0.25, 0.3) is 0 Å². The van der Waals surface area contributed by atoms with Crippen LogP contribution >= 0.6 is 0 Å². The van der Waals surface area contributed by atoms with Gasteiger partial charge in [-0.2, -0.15) is 0 Å². The maximum absolute atomic E-state index is 11.6. The first-order valence-corrected chi connectivity index (χ1v) is 6.04. The summed E-state index contributed by atoms with van der Waals surface area (Å²) in [6.45, 7) is 6.63. The van der Waals surface area contributed by atoms with E-state index in [0.29, 0.717) is 19.1 Å². The molecule has 0 aliphatic rings. The molecule has 0 unspecified atom stereocenters.